The van der Waals surface area contributed by atoms with Gasteiger partial charge >= 0.3 is 0 Å². The van der Waals surface area contributed by atoms with E-state index in [1.54, 1.807) is 0 Å². The Morgan fingerprint density at radius 3 is 0.956 bits per heavy atom. The van der Waals surface area contributed by atoms with Crippen molar-refractivity contribution in [2.24, 2.45) is 14.1 Å². The van der Waals surface area contributed by atoms with E-state index in [2.05, 4.69) is 275 Å². The molecule has 0 unspecified atom stereocenters. The first kappa shape index (κ1) is 42.4. The lowest BCUT2D eigenvalue weighted by molar-refractivity contribution is -0.673. The maximum atomic E-state index is 2.46. The number of hydrogen-bond donors (Lipinski definition) is 0. The number of nitrogens with zero attached hydrogens (tertiary/aromatic N) is 6. The number of benzene rings is 7. The molecular weight excluding hydrogens is 829 g/mol. The van der Waals surface area contributed by atoms with Crippen molar-refractivity contribution in [2.75, 3.05) is 23.9 Å². The highest BCUT2D eigenvalue weighted by atomic mass is 15.1. The number of aryl methyl sites for hydroxylation is 2. The minimum atomic E-state index is 0.773. The molecule has 11 rings (SSSR count). The molecule has 0 atom stereocenters. The summed E-state index contributed by atoms with van der Waals surface area (Å²) in [6.07, 6.45) is 0. The van der Waals surface area contributed by atoms with Crippen LogP contribution < -0.4 is 28.1 Å². The molecular formula is C62H56N6+4. The SMILES string of the molecule is CN(Cc1ccc(C[n+]2c(-c3ccc4ccccc4[n+]3C)ccc3ccccc32)cc1)c1ccc(N(C)Cc2ccc(C[n+]3c(-c4ccc5ccccc5[n+]4C)ccc4ccccc43)cc2)cc1. The van der Waals surface area contributed by atoms with E-state index in [1.807, 2.05) is 0 Å². The van der Waals surface area contributed by atoms with Crippen LogP contribution in [0, 0.1) is 0 Å². The Morgan fingerprint density at radius 2 is 0.588 bits per heavy atom. The highest BCUT2D eigenvalue weighted by molar-refractivity contribution is 5.80. The molecule has 0 bridgehead atoms. The fourth-order valence-electron chi connectivity index (χ4n) is 10.1. The number of fused-ring (bicyclic) bond motifs is 4. The molecule has 0 saturated carbocycles. The number of hydrogen-bond acceptors (Lipinski definition) is 2. The first-order chi connectivity index (χ1) is 33.3. The van der Waals surface area contributed by atoms with Gasteiger partial charge in [-0.1, -0.05) is 97.1 Å². The fourth-order valence-corrected chi connectivity index (χ4v) is 10.1. The zero-order valence-corrected chi connectivity index (χ0v) is 39.3. The second-order valence-corrected chi connectivity index (χ2v) is 18.3. The Kier molecular flexibility index (Phi) is 11.4. The van der Waals surface area contributed by atoms with E-state index in [9.17, 15) is 0 Å². The van der Waals surface area contributed by atoms with Gasteiger partial charge in [0.15, 0.2) is 13.1 Å². The van der Waals surface area contributed by atoms with Crippen LogP contribution in [0.1, 0.15) is 22.3 Å². The first-order valence-corrected chi connectivity index (χ1v) is 23.6. The normalized spacial score (nSPS) is 11.5. The van der Waals surface area contributed by atoms with Crippen LogP contribution in [0.25, 0.3) is 66.4 Å². The molecule has 0 aliphatic rings. The van der Waals surface area contributed by atoms with Gasteiger partial charge in [-0.25, -0.2) is 0 Å². The van der Waals surface area contributed by atoms with Crippen molar-refractivity contribution in [2.45, 2.75) is 26.2 Å². The van der Waals surface area contributed by atoms with Gasteiger partial charge in [-0.15, -0.1) is 0 Å². The average molecular weight is 885 g/mol. The van der Waals surface area contributed by atoms with Gasteiger partial charge in [-0.2, -0.15) is 18.3 Å². The summed E-state index contributed by atoms with van der Waals surface area (Å²) in [6, 6.07) is 79.8. The second-order valence-electron chi connectivity index (χ2n) is 18.3. The van der Waals surface area contributed by atoms with Gasteiger partial charge in [-0.3, -0.25) is 0 Å². The second kappa shape index (κ2) is 18.2. The average Bonchev–Trinajstić information content (AvgIpc) is 3.38. The van der Waals surface area contributed by atoms with Crippen molar-refractivity contribution in [3.63, 3.8) is 0 Å². The van der Waals surface area contributed by atoms with Crippen LogP contribution in [-0.4, -0.2) is 14.1 Å². The Balaban J connectivity index is 0.754. The number of pyridine rings is 4. The first-order valence-electron chi connectivity index (χ1n) is 23.6. The van der Waals surface area contributed by atoms with Crippen LogP contribution in [0.2, 0.25) is 0 Å². The van der Waals surface area contributed by atoms with Crippen LogP contribution in [0.3, 0.4) is 0 Å². The van der Waals surface area contributed by atoms with Crippen molar-refractivity contribution >= 4 is 55.0 Å². The third kappa shape index (κ3) is 8.30. The van der Waals surface area contributed by atoms with Gasteiger partial charge in [0, 0.05) is 120 Å². The van der Waals surface area contributed by atoms with Crippen molar-refractivity contribution in [1.82, 2.24) is 0 Å². The third-order valence-corrected chi connectivity index (χ3v) is 13.9. The molecule has 0 spiro atoms. The van der Waals surface area contributed by atoms with E-state index in [1.165, 1.54) is 100 Å². The number of rotatable bonds is 12. The predicted octanol–water partition coefficient (Wildman–Crippen LogP) is 11.2. The molecule has 0 aliphatic heterocycles. The molecule has 0 saturated heterocycles. The summed E-state index contributed by atoms with van der Waals surface area (Å²) in [5.74, 6) is 0. The molecule has 0 aliphatic carbocycles. The molecule has 0 N–H and O–H groups in total. The summed E-state index contributed by atoms with van der Waals surface area (Å²) in [5.41, 5.74) is 17.1. The molecule has 0 radical (unpaired) electrons. The van der Waals surface area contributed by atoms with Crippen molar-refractivity contribution in [3.05, 3.63) is 241 Å². The van der Waals surface area contributed by atoms with Gasteiger partial charge in [0.25, 0.3) is 22.8 Å². The molecule has 68 heavy (non-hydrogen) atoms. The van der Waals surface area contributed by atoms with Crippen LogP contribution >= 0.6 is 0 Å². The summed E-state index contributed by atoms with van der Waals surface area (Å²) in [5, 5.41) is 4.95. The lowest BCUT2D eigenvalue weighted by Crippen LogP contribution is -2.42. The Bertz CT molecular complexity index is 3380. The smallest absolute Gasteiger partial charge is 0.278 e. The number of anilines is 2. The highest BCUT2D eigenvalue weighted by Gasteiger charge is 2.27. The Hall–Kier alpha value is -8.22. The van der Waals surface area contributed by atoms with E-state index >= 15 is 0 Å². The fraction of sp³-hybridized carbons (Fsp3) is 0.129. The lowest BCUT2D eigenvalue weighted by atomic mass is 10.1. The van der Waals surface area contributed by atoms with Crippen molar-refractivity contribution in [3.8, 4) is 22.8 Å². The third-order valence-electron chi connectivity index (χ3n) is 13.9. The zero-order chi connectivity index (χ0) is 46.1. The van der Waals surface area contributed by atoms with Crippen LogP contribution in [-0.2, 0) is 40.3 Å². The summed E-state index contributed by atoms with van der Waals surface area (Å²) in [7, 11) is 8.70. The summed E-state index contributed by atoms with van der Waals surface area (Å²) >= 11 is 0. The zero-order valence-electron chi connectivity index (χ0n) is 39.3. The van der Waals surface area contributed by atoms with Gasteiger partial charge < -0.3 is 9.80 Å². The highest BCUT2D eigenvalue weighted by Crippen LogP contribution is 2.25. The largest absolute Gasteiger partial charge is 0.370 e. The van der Waals surface area contributed by atoms with Gasteiger partial charge in [0.05, 0.1) is 0 Å². The van der Waals surface area contributed by atoms with Gasteiger partial charge in [0.1, 0.15) is 14.1 Å². The lowest BCUT2D eigenvalue weighted by Gasteiger charge is -2.23. The predicted molar refractivity (Wildman–Crippen MR) is 278 cm³/mol. The molecule has 6 nitrogen and oxygen atoms in total. The molecule has 4 aromatic heterocycles. The summed E-state index contributed by atoms with van der Waals surface area (Å²) in [4.78, 5) is 4.66. The van der Waals surface area contributed by atoms with E-state index in [-0.39, 0.29) is 0 Å². The molecule has 4 heterocycles. The standard InChI is InChI=1S/C62H56N6/c1-63(41-45-21-25-47(26-22-45)43-67-57-19-11-7-15-51(57)31-39-61(67)59-37-29-49-13-5-9-17-55(49)65(59)3)53-33-35-54(36-34-53)64(2)42-46-23-27-48(28-24-46)44-68-58-20-12-8-16-52(58)32-40-62(68)60-38-30-50-14-6-10-18-56(50)66(60)4/h5-40H,41-44H2,1-4H3/q+4. The monoisotopic (exact) mass is 884 g/mol. The van der Waals surface area contributed by atoms with Crippen molar-refractivity contribution in [1.29, 1.82) is 0 Å². The molecule has 11 aromatic rings. The maximum Gasteiger partial charge on any atom is 0.278 e. The van der Waals surface area contributed by atoms with Crippen LogP contribution in [0.4, 0.5) is 11.4 Å². The molecule has 6 heteroatoms. The van der Waals surface area contributed by atoms with Gasteiger partial charge in [-0.05, 0) is 83.9 Å². The number of para-hydroxylation sites is 4. The summed E-state index contributed by atoms with van der Waals surface area (Å²) in [6.45, 7) is 3.19. The molecule has 330 valence electrons. The molecule has 0 amide bonds. The molecule has 0 fully saturated rings. The van der Waals surface area contributed by atoms with E-state index in [4.69, 9.17) is 0 Å². The summed E-state index contributed by atoms with van der Waals surface area (Å²) < 4.78 is 9.55. The van der Waals surface area contributed by atoms with E-state index < -0.39 is 0 Å². The quantitative estimate of drug-likeness (QED) is 0.114. The topological polar surface area (TPSA) is 22.0 Å². The Labute approximate surface area is 399 Å². The van der Waals surface area contributed by atoms with E-state index in [0.717, 1.165) is 26.2 Å². The minimum Gasteiger partial charge on any atom is -0.370 e. The Morgan fingerprint density at radius 1 is 0.294 bits per heavy atom. The van der Waals surface area contributed by atoms with E-state index in [0.29, 0.717) is 0 Å². The minimum absolute atomic E-state index is 0.773. The maximum absolute atomic E-state index is 2.46. The molecule has 7 aromatic carbocycles. The van der Waals surface area contributed by atoms with Gasteiger partial charge in [0.2, 0.25) is 22.1 Å². The number of aromatic nitrogens is 4. The van der Waals surface area contributed by atoms with Crippen LogP contribution in [0.15, 0.2) is 218 Å². The van der Waals surface area contributed by atoms with Crippen molar-refractivity contribution < 1.29 is 18.3 Å². The van der Waals surface area contributed by atoms with Crippen LogP contribution in [0.5, 0.6) is 0 Å².